The Labute approximate surface area is 133 Å². The number of benzene rings is 2. The molecule has 3 nitrogen and oxygen atoms in total. The van der Waals surface area contributed by atoms with E-state index >= 15 is 0 Å². The molecule has 3 rings (SSSR count). The summed E-state index contributed by atoms with van der Waals surface area (Å²) in [5, 5.41) is 11.4. The van der Waals surface area contributed by atoms with Gasteiger partial charge in [0, 0.05) is 22.0 Å². The Kier molecular flexibility index (Phi) is 4.24. The van der Waals surface area contributed by atoms with Crippen LogP contribution in [0.1, 0.15) is 23.7 Å². The molecule has 1 heterocycles. The van der Waals surface area contributed by atoms with Gasteiger partial charge in [-0.2, -0.15) is 0 Å². The molecule has 5 heteroatoms. The molecule has 1 atom stereocenters. The van der Waals surface area contributed by atoms with E-state index in [4.69, 9.17) is 32.7 Å². The zero-order valence-corrected chi connectivity index (χ0v) is 12.7. The molecule has 0 bridgehead atoms. The lowest BCUT2D eigenvalue weighted by Gasteiger charge is -2.16. The highest BCUT2D eigenvalue weighted by Crippen LogP contribution is 2.38. The van der Waals surface area contributed by atoms with Crippen LogP contribution in [-0.2, 0) is 0 Å². The molecule has 1 aliphatic heterocycles. The number of aliphatic hydroxyl groups is 1. The van der Waals surface area contributed by atoms with Crippen LogP contribution in [0.15, 0.2) is 36.4 Å². The van der Waals surface area contributed by atoms with E-state index in [1.54, 1.807) is 36.4 Å². The fourth-order valence-electron chi connectivity index (χ4n) is 2.29. The summed E-state index contributed by atoms with van der Waals surface area (Å²) in [6.07, 6.45) is -0.0773. The minimum atomic E-state index is -0.914. The predicted molar refractivity (Wildman–Crippen MR) is 82.6 cm³/mol. The van der Waals surface area contributed by atoms with Crippen LogP contribution < -0.4 is 9.47 Å². The van der Waals surface area contributed by atoms with E-state index in [9.17, 15) is 5.11 Å². The number of aliphatic hydroxyl groups excluding tert-OH is 1. The van der Waals surface area contributed by atoms with Crippen LogP contribution in [0.4, 0.5) is 0 Å². The highest BCUT2D eigenvalue weighted by Gasteiger charge is 2.20. The lowest BCUT2D eigenvalue weighted by molar-refractivity contribution is 0.219. The quantitative estimate of drug-likeness (QED) is 0.898. The zero-order chi connectivity index (χ0) is 14.8. The third-order valence-corrected chi connectivity index (χ3v) is 4.02. The number of hydrogen-bond donors (Lipinski definition) is 1. The molecule has 0 saturated heterocycles. The van der Waals surface area contributed by atoms with Crippen molar-refractivity contribution < 1.29 is 14.6 Å². The van der Waals surface area contributed by atoms with Crippen LogP contribution in [0, 0.1) is 0 Å². The molecule has 0 amide bonds. The molecule has 0 saturated carbocycles. The van der Waals surface area contributed by atoms with Gasteiger partial charge in [0.1, 0.15) is 6.10 Å². The molecule has 1 unspecified atom stereocenters. The summed E-state index contributed by atoms with van der Waals surface area (Å²) in [6, 6.07) is 10.5. The zero-order valence-electron chi connectivity index (χ0n) is 11.2. The minimum Gasteiger partial charge on any atom is -0.490 e. The molecule has 0 radical (unpaired) electrons. The summed E-state index contributed by atoms with van der Waals surface area (Å²) in [5.74, 6) is 1.32. The van der Waals surface area contributed by atoms with Crippen LogP contribution in [0.25, 0.3) is 0 Å². The van der Waals surface area contributed by atoms with E-state index in [-0.39, 0.29) is 0 Å². The standard InChI is InChI=1S/C16H14Cl2O3/c17-11-3-1-4-12(18)15(11)16(19)10-5-6-13-14(9-10)21-8-2-7-20-13/h1,3-6,9,16,19H,2,7-8H2. The van der Waals surface area contributed by atoms with Crippen LogP contribution in [0.3, 0.4) is 0 Å². The topological polar surface area (TPSA) is 38.7 Å². The highest BCUT2D eigenvalue weighted by molar-refractivity contribution is 6.36. The maximum atomic E-state index is 10.6. The summed E-state index contributed by atoms with van der Waals surface area (Å²) >= 11 is 12.3. The predicted octanol–water partition coefficient (Wildman–Crippen LogP) is 4.24. The van der Waals surface area contributed by atoms with Crippen molar-refractivity contribution in [2.75, 3.05) is 13.2 Å². The van der Waals surface area contributed by atoms with Gasteiger partial charge < -0.3 is 14.6 Å². The normalized spacial score (nSPS) is 15.4. The van der Waals surface area contributed by atoms with E-state index in [1.165, 1.54) is 0 Å². The number of rotatable bonds is 2. The van der Waals surface area contributed by atoms with Crippen LogP contribution in [0.5, 0.6) is 11.5 Å². The molecule has 21 heavy (non-hydrogen) atoms. The van der Waals surface area contributed by atoms with Crippen molar-refractivity contribution in [2.24, 2.45) is 0 Å². The van der Waals surface area contributed by atoms with Gasteiger partial charge in [-0.05, 0) is 29.8 Å². The number of hydrogen-bond acceptors (Lipinski definition) is 3. The number of fused-ring (bicyclic) bond motifs is 1. The third-order valence-electron chi connectivity index (χ3n) is 3.36. The van der Waals surface area contributed by atoms with Crippen molar-refractivity contribution in [3.8, 4) is 11.5 Å². The van der Waals surface area contributed by atoms with E-state index < -0.39 is 6.10 Å². The van der Waals surface area contributed by atoms with Crippen molar-refractivity contribution in [1.82, 2.24) is 0 Å². The first-order chi connectivity index (χ1) is 10.2. The van der Waals surface area contributed by atoms with Crippen LogP contribution >= 0.6 is 23.2 Å². The second-order valence-corrected chi connectivity index (χ2v) is 5.61. The summed E-state index contributed by atoms with van der Waals surface area (Å²) in [4.78, 5) is 0. The minimum absolute atomic E-state index is 0.433. The van der Waals surface area contributed by atoms with Crippen molar-refractivity contribution in [3.05, 3.63) is 57.6 Å². The summed E-state index contributed by atoms with van der Waals surface area (Å²) < 4.78 is 11.2. The lowest BCUT2D eigenvalue weighted by atomic mass is 10.0. The van der Waals surface area contributed by atoms with Gasteiger partial charge in [0.15, 0.2) is 11.5 Å². The second kappa shape index (κ2) is 6.14. The first kappa shape index (κ1) is 14.5. The second-order valence-electron chi connectivity index (χ2n) is 4.79. The Morgan fingerprint density at radius 2 is 1.62 bits per heavy atom. The van der Waals surface area contributed by atoms with E-state index in [1.807, 2.05) is 0 Å². The van der Waals surface area contributed by atoms with Crippen LogP contribution in [-0.4, -0.2) is 18.3 Å². The number of ether oxygens (including phenoxy) is 2. The monoisotopic (exact) mass is 324 g/mol. The lowest BCUT2D eigenvalue weighted by Crippen LogP contribution is -2.02. The maximum absolute atomic E-state index is 10.6. The van der Waals surface area contributed by atoms with Gasteiger partial charge in [0.05, 0.1) is 13.2 Å². The smallest absolute Gasteiger partial charge is 0.161 e. The molecule has 1 aliphatic rings. The van der Waals surface area contributed by atoms with Gasteiger partial charge in [0.25, 0.3) is 0 Å². The molecule has 0 fully saturated rings. The molecule has 1 N–H and O–H groups in total. The van der Waals surface area contributed by atoms with Gasteiger partial charge in [-0.15, -0.1) is 0 Å². The Bertz CT molecular complexity index is 638. The molecule has 0 aliphatic carbocycles. The molecular formula is C16H14Cl2O3. The van der Waals surface area contributed by atoms with Gasteiger partial charge >= 0.3 is 0 Å². The SMILES string of the molecule is OC(c1ccc2c(c1)OCCCO2)c1c(Cl)cccc1Cl. The van der Waals surface area contributed by atoms with Crippen molar-refractivity contribution in [3.63, 3.8) is 0 Å². The van der Waals surface area contributed by atoms with Gasteiger partial charge in [-0.3, -0.25) is 0 Å². The molecule has 2 aromatic rings. The molecular weight excluding hydrogens is 311 g/mol. The average Bonchev–Trinajstić information content (AvgIpc) is 2.71. The van der Waals surface area contributed by atoms with E-state index in [2.05, 4.69) is 0 Å². The highest BCUT2D eigenvalue weighted by atomic mass is 35.5. The van der Waals surface area contributed by atoms with Crippen molar-refractivity contribution in [2.45, 2.75) is 12.5 Å². The fraction of sp³-hybridized carbons (Fsp3) is 0.250. The summed E-state index contributed by atoms with van der Waals surface area (Å²) in [7, 11) is 0. The van der Waals surface area contributed by atoms with E-state index in [0.29, 0.717) is 45.9 Å². The molecule has 0 aromatic heterocycles. The van der Waals surface area contributed by atoms with Crippen molar-refractivity contribution in [1.29, 1.82) is 0 Å². The summed E-state index contributed by atoms with van der Waals surface area (Å²) in [6.45, 7) is 1.23. The summed E-state index contributed by atoms with van der Waals surface area (Å²) in [5.41, 5.74) is 1.16. The van der Waals surface area contributed by atoms with Gasteiger partial charge in [-0.1, -0.05) is 35.3 Å². The fourth-order valence-corrected chi connectivity index (χ4v) is 2.89. The average molecular weight is 325 g/mol. The number of halogens is 2. The Balaban J connectivity index is 1.98. The molecule has 0 spiro atoms. The molecule has 110 valence electrons. The molecule has 2 aromatic carbocycles. The largest absolute Gasteiger partial charge is 0.490 e. The maximum Gasteiger partial charge on any atom is 0.161 e. The third kappa shape index (κ3) is 2.95. The Morgan fingerprint density at radius 3 is 2.33 bits per heavy atom. The Morgan fingerprint density at radius 1 is 0.952 bits per heavy atom. The van der Waals surface area contributed by atoms with Gasteiger partial charge in [-0.25, -0.2) is 0 Å². The Hall–Kier alpha value is -1.42. The van der Waals surface area contributed by atoms with Crippen LogP contribution in [0.2, 0.25) is 10.0 Å². The van der Waals surface area contributed by atoms with Crippen molar-refractivity contribution >= 4 is 23.2 Å². The first-order valence-electron chi connectivity index (χ1n) is 6.68. The van der Waals surface area contributed by atoms with Gasteiger partial charge in [0.2, 0.25) is 0 Å². The van der Waals surface area contributed by atoms with E-state index in [0.717, 1.165) is 6.42 Å². The first-order valence-corrected chi connectivity index (χ1v) is 7.44.